The molecule has 2 rings (SSSR count). The molecule has 1 unspecified atom stereocenters. The number of nitrogens with one attached hydrogen (secondary N) is 1. The lowest BCUT2D eigenvalue weighted by atomic mass is 10.2. The lowest BCUT2D eigenvalue weighted by Gasteiger charge is -2.32. The van der Waals surface area contributed by atoms with E-state index < -0.39 is 12.0 Å². The van der Waals surface area contributed by atoms with Gasteiger partial charge in [0.25, 0.3) is 5.91 Å². The monoisotopic (exact) mass is 320 g/mol. The second kappa shape index (κ2) is 8.28. The summed E-state index contributed by atoms with van der Waals surface area (Å²) in [7, 11) is 0. The normalized spacial score (nSPS) is 17.6. The van der Waals surface area contributed by atoms with E-state index in [1.54, 1.807) is 24.3 Å². The Morgan fingerprint density at radius 1 is 1.26 bits per heavy atom. The highest BCUT2D eigenvalue weighted by Crippen LogP contribution is 2.10. The second-order valence-electron chi connectivity index (χ2n) is 5.24. The van der Waals surface area contributed by atoms with Crippen LogP contribution in [0.4, 0.5) is 0 Å². The van der Waals surface area contributed by atoms with Gasteiger partial charge in [0.2, 0.25) is 5.91 Å². The number of benzene rings is 1. The number of carbonyl (C=O) groups excluding carboxylic acids is 2. The van der Waals surface area contributed by atoms with E-state index in [2.05, 4.69) is 5.32 Å². The quantitative estimate of drug-likeness (QED) is 0.745. The number of carbonyl (C=O) groups is 3. The molecule has 1 aromatic rings. The number of aliphatic carboxylic acids is 1. The van der Waals surface area contributed by atoms with E-state index in [1.807, 2.05) is 6.07 Å². The summed E-state index contributed by atoms with van der Waals surface area (Å²) in [5.74, 6) is -1.47. The molecule has 0 aromatic heterocycles. The largest absolute Gasteiger partial charge is 0.480 e. The van der Waals surface area contributed by atoms with E-state index in [-0.39, 0.29) is 31.4 Å². The number of hydrogen-bond acceptors (Lipinski definition) is 4. The minimum absolute atomic E-state index is 0.0197. The number of hydrogen-bond donors (Lipinski definition) is 2. The number of ether oxygens (including phenoxy) is 1. The summed E-state index contributed by atoms with van der Waals surface area (Å²) in [6.07, 6.45) is 0.653. The first kappa shape index (κ1) is 17.0. The minimum atomic E-state index is -1.06. The fraction of sp³-hybridized carbons (Fsp3) is 0.438. The van der Waals surface area contributed by atoms with Crippen LogP contribution in [0.5, 0.6) is 0 Å². The molecular formula is C16H20N2O5. The number of carboxylic acid groups (broad SMARTS) is 1. The van der Waals surface area contributed by atoms with Crippen molar-refractivity contribution in [3.8, 4) is 0 Å². The average molecular weight is 320 g/mol. The zero-order chi connectivity index (χ0) is 16.7. The van der Waals surface area contributed by atoms with Gasteiger partial charge in [-0.15, -0.1) is 0 Å². The number of carboxylic acids is 1. The van der Waals surface area contributed by atoms with Gasteiger partial charge in [0.1, 0.15) is 0 Å². The Labute approximate surface area is 134 Å². The molecule has 124 valence electrons. The summed E-state index contributed by atoms with van der Waals surface area (Å²) >= 11 is 0. The molecule has 0 bridgehead atoms. The third-order valence-corrected chi connectivity index (χ3v) is 3.62. The maximum absolute atomic E-state index is 12.1. The smallest absolute Gasteiger partial charge is 0.328 e. The van der Waals surface area contributed by atoms with E-state index in [9.17, 15) is 14.4 Å². The molecule has 2 amide bonds. The van der Waals surface area contributed by atoms with Crippen LogP contribution >= 0.6 is 0 Å². The predicted molar refractivity (Wildman–Crippen MR) is 82.0 cm³/mol. The van der Waals surface area contributed by atoms with Gasteiger partial charge < -0.3 is 20.1 Å². The number of rotatable bonds is 6. The molecule has 23 heavy (non-hydrogen) atoms. The van der Waals surface area contributed by atoms with Crippen molar-refractivity contribution in [2.24, 2.45) is 0 Å². The summed E-state index contributed by atoms with van der Waals surface area (Å²) in [5, 5.41) is 11.8. The van der Waals surface area contributed by atoms with Crippen molar-refractivity contribution >= 4 is 17.8 Å². The molecule has 0 aliphatic carbocycles. The SMILES string of the molecule is O=C(NCCCC(=O)N1CCOCC1C(=O)O)c1ccccc1. The highest BCUT2D eigenvalue weighted by Gasteiger charge is 2.32. The Kier molecular flexibility index (Phi) is 6.10. The van der Waals surface area contributed by atoms with Gasteiger partial charge in [-0.1, -0.05) is 18.2 Å². The molecule has 1 aromatic carbocycles. The molecule has 1 saturated heterocycles. The summed E-state index contributed by atoms with van der Waals surface area (Å²) < 4.78 is 5.10. The Hall–Kier alpha value is -2.41. The molecule has 7 heteroatoms. The number of nitrogens with zero attached hydrogens (tertiary/aromatic N) is 1. The maximum atomic E-state index is 12.1. The van der Waals surface area contributed by atoms with Crippen LogP contribution in [0.1, 0.15) is 23.2 Å². The van der Waals surface area contributed by atoms with Crippen molar-refractivity contribution in [2.75, 3.05) is 26.3 Å². The van der Waals surface area contributed by atoms with E-state index in [0.29, 0.717) is 25.1 Å². The molecule has 1 heterocycles. The van der Waals surface area contributed by atoms with E-state index in [0.717, 1.165) is 0 Å². The Balaban J connectivity index is 1.74. The molecule has 2 N–H and O–H groups in total. The number of amides is 2. The Bertz CT molecular complexity index is 561. The van der Waals surface area contributed by atoms with Gasteiger partial charge in [-0.3, -0.25) is 9.59 Å². The van der Waals surface area contributed by atoms with Gasteiger partial charge in [-0.25, -0.2) is 4.79 Å². The van der Waals surface area contributed by atoms with Crippen LogP contribution < -0.4 is 5.32 Å². The van der Waals surface area contributed by atoms with Crippen molar-refractivity contribution in [3.05, 3.63) is 35.9 Å². The van der Waals surface area contributed by atoms with Crippen molar-refractivity contribution in [1.82, 2.24) is 10.2 Å². The summed E-state index contributed by atoms with van der Waals surface area (Å²) in [5.41, 5.74) is 0.568. The molecular weight excluding hydrogens is 300 g/mol. The van der Waals surface area contributed by atoms with Gasteiger partial charge in [0.05, 0.1) is 13.2 Å². The highest BCUT2D eigenvalue weighted by atomic mass is 16.5. The number of morpholine rings is 1. The molecule has 0 radical (unpaired) electrons. The molecule has 7 nitrogen and oxygen atoms in total. The zero-order valence-electron chi connectivity index (χ0n) is 12.7. The van der Waals surface area contributed by atoms with Gasteiger partial charge in [0, 0.05) is 25.1 Å². The first-order chi connectivity index (χ1) is 11.1. The van der Waals surface area contributed by atoms with Crippen molar-refractivity contribution in [2.45, 2.75) is 18.9 Å². The van der Waals surface area contributed by atoms with Crippen LogP contribution in [0.3, 0.4) is 0 Å². The first-order valence-electron chi connectivity index (χ1n) is 7.53. The van der Waals surface area contributed by atoms with Gasteiger partial charge in [-0.05, 0) is 18.6 Å². The molecule has 1 fully saturated rings. The fourth-order valence-corrected chi connectivity index (χ4v) is 2.38. The van der Waals surface area contributed by atoms with E-state index >= 15 is 0 Å². The molecule has 1 aliphatic rings. The lowest BCUT2D eigenvalue weighted by Crippen LogP contribution is -2.52. The molecule has 1 atom stereocenters. The van der Waals surface area contributed by atoms with Crippen LogP contribution in [-0.4, -0.2) is 60.1 Å². The zero-order valence-corrected chi connectivity index (χ0v) is 12.7. The van der Waals surface area contributed by atoms with Gasteiger partial charge >= 0.3 is 5.97 Å². The minimum Gasteiger partial charge on any atom is -0.480 e. The highest BCUT2D eigenvalue weighted by molar-refractivity contribution is 5.94. The molecule has 1 aliphatic heterocycles. The topological polar surface area (TPSA) is 95.9 Å². The predicted octanol–water partition coefficient (Wildman–Crippen LogP) is 0.509. The fourth-order valence-electron chi connectivity index (χ4n) is 2.38. The third-order valence-electron chi connectivity index (χ3n) is 3.62. The van der Waals surface area contributed by atoms with E-state index in [4.69, 9.17) is 9.84 Å². The Morgan fingerprint density at radius 3 is 2.70 bits per heavy atom. The van der Waals surface area contributed by atoms with Crippen LogP contribution in [0, 0.1) is 0 Å². The van der Waals surface area contributed by atoms with Crippen molar-refractivity contribution in [3.63, 3.8) is 0 Å². The standard InChI is InChI=1S/C16H20N2O5/c19-14(18-9-10-23-11-13(18)16(21)22)7-4-8-17-15(20)12-5-2-1-3-6-12/h1-3,5-6,13H,4,7-11H2,(H,17,20)(H,21,22). The van der Waals surface area contributed by atoms with Crippen LogP contribution in [-0.2, 0) is 14.3 Å². The molecule has 0 spiro atoms. The van der Waals surface area contributed by atoms with E-state index in [1.165, 1.54) is 4.90 Å². The van der Waals surface area contributed by atoms with Crippen molar-refractivity contribution in [1.29, 1.82) is 0 Å². The van der Waals surface area contributed by atoms with Crippen LogP contribution in [0.2, 0.25) is 0 Å². The summed E-state index contributed by atoms with van der Waals surface area (Å²) in [6.45, 7) is 1.01. The maximum Gasteiger partial charge on any atom is 0.328 e. The second-order valence-corrected chi connectivity index (χ2v) is 5.24. The summed E-state index contributed by atoms with van der Waals surface area (Å²) in [4.78, 5) is 36.4. The van der Waals surface area contributed by atoms with Crippen molar-refractivity contribution < 1.29 is 24.2 Å². The average Bonchev–Trinajstić information content (AvgIpc) is 2.59. The Morgan fingerprint density at radius 2 is 2.00 bits per heavy atom. The third kappa shape index (κ3) is 4.79. The van der Waals surface area contributed by atoms with Gasteiger partial charge in [0.15, 0.2) is 6.04 Å². The molecule has 0 saturated carbocycles. The van der Waals surface area contributed by atoms with Crippen LogP contribution in [0.15, 0.2) is 30.3 Å². The lowest BCUT2D eigenvalue weighted by molar-refractivity contribution is -0.158. The summed E-state index contributed by atoms with van der Waals surface area (Å²) in [6, 6.07) is 7.90. The first-order valence-corrected chi connectivity index (χ1v) is 7.53. The van der Waals surface area contributed by atoms with Gasteiger partial charge in [-0.2, -0.15) is 0 Å². The van der Waals surface area contributed by atoms with Crippen LogP contribution in [0.25, 0.3) is 0 Å².